The lowest BCUT2D eigenvalue weighted by molar-refractivity contribution is -0.140. The largest absolute Gasteiger partial charge is 0.507 e. The van der Waals surface area contributed by atoms with E-state index in [1.807, 2.05) is 56.3 Å². The summed E-state index contributed by atoms with van der Waals surface area (Å²) in [6.07, 6.45) is 0. The fourth-order valence-corrected chi connectivity index (χ4v) is 4.83. The molecule has 1 amide bonds. The second-order valence-electron chi connectivity index (χ2n) is 9.73. The lowest BCUT2D eigenvalue weighted by Crippen LogP contribution is -2.38. The van der Waals surface area contributed by atoms with Crippen molar-refractivity contribution in [1.82, 2.24) is 9.80 Å². The van der Waals surface area contributed by atoms with Gasteiger partial charge in [0.2, 0.25) is 0 Å². The molecule has 1 saturated heterocycles. The molecular weight excluding hydrogens is 476 g/mol. The third-order valence-electron chi connectivity index (χ3n) is 7.10. The fraction of sp³-hybridized carbons (Fsp3) is 0.312. The molecule has 38 heavy (non-hydrogen) atoms. The lowest BCUT2D eigenvalue weighted by atomic mass is 9.94. The maximum Gasteiger partial charge on any atom is 0.295 e. The van der Waals surface area contributed by atoms with Gasteiger partial charge in [-0.1, -0.05) is 73.5 Å². The van der Waals surface area contributed by atoms with Gasteiger partial charge in [0.05, 0.1) is 11.6 Å². The van der Waals surface area contributed by atoms with Gasteiger partial charge in [-0.15, -0.1) is 0 Å². The van der Waals surface area contributed by atoms with Crippen LogP contribution in [0.5, 0.6) is 5.75 Å². The number of ketones is 1. The number of aliphatic hydroxyl groups excluding tert-OH is 1. The van der Waals surface area contributed by atoms with Crippen LogP contribution in [0.3, 0.4) is 0 Å². The summed E-state index contributed by atoms with van der Waals surface area (Å²) in [7, 11) is 0. The van der Waals surface area contributed by atoms with Crippen LogP contribution in [0.4, 0.5) is 0 Å². The van der Waals surface area contributed by atoms with Gasteiger partial charge in [-0.05, 0) is 62.3 Å². The molecule has 6 heteroatoms. The second kappa shape index (κ2) is 12.1. The number of likely N-dealkylation sites (tertiary alicyclic amines) is 1. The molecule has 0 spiro atoms. The monoisotopic (exact) mass is 512 g/mol. The van der Waals surface area contributed by atoms with Crippen molar-refractivity contribution in [1.29, 1.82) is 0 Å². The van der Waals surface area contributed by atoms with Gasteiger partial charge in [-0.25, -0.2) is 0 Å². The Bertz CT molecular complexity index is 1310. The number of rotatable bonds is 10. The Morgan fingerprint density at radius 1 is 0.921 bits per heavy atom. The molecule has 6 nitrogen and oxygen atoms in total. The third-order valence-corrected chi connectivity index (χ3v) is 7.10. The Morgan fingerprint density at radius 2 is 1.61 bits per heavy atom. The summed E-state index contributed by atoms with van der Waals surface area (Å²) in [5.41, 5.74) is 4.70. The number of hydrogen-bond acceptors (Lipinski definition) is 5. The predicted molar refractivity (Wildman–Crippen MR) is 150 cm³/mol. The molecule has 1 N–H and O–H groups in total. The molecule has 1 aliphatic rings. The number of likely N-dealkylation sites (N-methyl/N-ethyl adjacent to an activating group) is 1. The van der Waals surface area contributed by atoms with Crippen LogP contribution in [0.25, 0.3) is 5.76 Å². The zero-order valence-corrected chi connectivity index (χ0v) is 22.6. The maximum atomic E-state index is 13.3. The zero-order chi connectivity index (χ0) is 27.2. The van der Waals surface area contributed by atoms with E-state index in [-0.39, 0.29) is 11.3 Å². The minimum Gasteiger partial charge on any atom is -0.507 e. The van der Waals surface area contributed by atoms with Crippen LogP contribution in [0.2, 0.25) is 0 Å². The summed E-state index contributed by atoms with van der Waals surface area (Å²) in [4.78, 5) is 30.3. The second-order valence-corrected chi connectivity index (χ2v) is 9.73. The summed E-state index contributed by atoms with van der Waals surface area (Å²) < 4.78 is 5.91. The van der Waals surface area contributed by atoms with E-state index >= 15 is 0 Å². The fourth-order valence-electron chi connectivity index (χ4n) is 4.83. The molecule has 4 rings (SSSR count). The Labute approximate surface area is 225 Å². The number of benzene rings is 3. The average molecular weight is 513 g/mol. The molecule has 198 valence electrons. The average Bonchev–Trinajstić information content (AvgIpc) is 3.18. The van der Waals surface area contributed by atoms with Gasteiger partial charge >= 0.3 is 0 Å². The molecule has 3 aromatic carbocycles. The molecule has 0 radical (unpaired) electrons. The first-order chi connectivity index (χ1) is 18.3. The number of carbonyl (C=O) groups excluding carboxylic acids is 2. The topological polar surface area (TPSA) is 70.1 Å². The van der Waals surface area contributed by atoms with Crippen LogP contribution in [0.15, 0.2) is 78.4 Å². The highest BCUT2D eigenvalue weighted by Crippen LogP contribution is 2.39. The lowest BCUT2D eigenvalue weighted by Gasteiger charge is -2.28. The Balaban J connectivity index is 1.63. The van der Waals surface area contributed by atoms with Crippen LogP contribution in [-0.4, -0.2) is 52.8 Å². The molecule has 0 unspecified atom stereocenters. The van der Waals surface area contributed by atoms with Crippen LogP contribution in [0, 0.1) is 13.8 Å². The number of aliphatic hydroxyl groups is 1. The molecule has 0 saturated carbocycles. The number of ether oxygens (including phenoxy) is 1. The summed E-state index contributed by atoms with van der Waals surface area (Å²) in [5.74, 6) is -0.767. The maximum absolute atomic E-state index is 13.3. The van der Waals surface area contributed by atoms with Gasteiger partial charge in [0, 0.05) is 18.7 Å². The summed E-state index contributed by atoms with van der Waals surface area (Å²) >= 11 is 0. The van der Waals surface area contributed by atoms with E-state index in [4.69, 9.17) is 4.74 Å². The first-order valence-corrected chi connectivity index (χ1v) is 13.2. The molecular formula is C32H36N2O4. The number of amides is 1. The summed E-state index contributed by atoms with van der Waals surface area (Å²) in [6.45, 7) is 11.4. The normalized spacial score (nSPS) is 16.9. The van der Waals surface area contributed by atoms with Crippen molar-refractivity contribution in [2.45, 2.75) is 40.3 Å². The zero-order valence-electron chi connectivity index (χ0n) is 22.6. The Kier molecular flexibility index (Phi) is 8.64. The molecule has 0 aliphatic carbocycles. The van der Waals surface area contributed by atoms with E-state index in [0.29, 0.717) is 31.0 Å². The van der Waals surface area contributed by atoms with E-state index in [1.54, 1.807) is 29.2 Å². The smallest absolute Gasteiger partial charge is 0.295 e. The first-order valence-electron chi connectivity index (χ1n) is 13.2. The SMILES string of the molecule is CCN(CC)CCN1C(=O)C(=O)/C(=C(/O)c2ccc(OCc3cccc(C)c3)cc2)[C@@H]1c1ccc(C)cc1. The first kappa shape index (κ1) is 27.1. The molecule has 0 aromatic heterocycles. The number of Topliss-reactive ketones (excluding diaryl/α,β-unsaturated/α-hetero) is 1. The van der Waals surface area contributed by atoms with Gasteiger partial charge in [-0.3, -0.25) is 9.59 Å². The van der Waals surface area contributed by atoms with Crippen molar-refractivity contribution >= 4 is 17.4 Å². The van der Waals surface area contributed by atoms with Gasteiger partial charge in [0.1, 0.15) is 18.1 Å². The van der Waals surface area contributed by atoms with E-state index in [9.17, 15) is 14.7 Å². The minimum atomic E-state index is -0.660. The highest BCUT2D eigenvalue weighted by molar-refractivity contribution is 6.46. The van der Waals surface area contributed by atoms with Crippen molar-refractivity contribution in [3.05, 3.63) is 106 Å². The van der Waals surface area contributed by atoms with Gasteiger partial charge in [-0.2, -0.15) is 0 Å². The molecule has 1 atom stereocenters. The molecule has 1 fully saturated rings. The molecule has 0 bridgehead atoms. The Hall–Kier alpha value is -3.90. The highest BCUT2D eigenvalue weighted by Gasteiger charge is 2.45. The molecule has 3 aromatic rings. The van der Waals surface area contributed by atoms with Crippen LogP contribution in [-0.2, 0) is 16.2 Å². The highest BCUT2D eigenvalue weighted by atomic mass is 16.5. The van der Waals surface area contributed by atoms with Crippen LogP contribution < -0.4 is 4.74 Å². The minimum absolute atomic E-state index is 0.117. The van der Waals surface area contributed by atoms with Crippen LogP contribution in [0.1, 0.15) is 47.7 Å². The number of aryl methyl sites for hydroxylation is 2. The molecule has 1 aliphatic heterocycles. The quantitative estimate of drug-likeness (QED) is 0.216. The number of nitrogens with zero attached hydrogens (tertiary/aromatic N) is 2. The Morgan fingerprint density at radius 3 is 2.24 bits per heavy atom. The van der Waals surface area contributed by atoms with Crippen molar-refractivity contribution in [2.24, 2.45) is 0 Å². The van der Waals surface area contributed by atoms with E-state index in [1.165, 1.54) is 5.56 Å². The van der Waals surface area contributed by atoms with E-state index in [2.05, 4.69) is 24.8 Å². The molecule has 1 heterocycles. The number of hydrogen-bond donors (Lipinski definition) is 1. The van der Waals surface area contributed by atoms with E-state index in [0.717, 1.165) is 29.8 Å². The van der Waals surface area contributed by atoms with Crippen LogP contribution >= 0.6 is 0 Å². The van der Waals surface area contributed by atoms with Crippen molar-refractivity contribution in [3.63, 3.8) is 0 Å². The van der Waals surface area contributed by atoms with Crippen molar-refractivity contribution in [3.8, 4) is 5.75 Å². The van der Waals surface area contributed by atoms with Gasteiger partial charge in [0.15, 0.2) is 0 Å². The van der Waals surface area contributed by atoms with E-state index < -0.39 is 17.7 Å². The predicted octanol–water partition coefficient (Wildman–Crippen LogP) is 5.65. The van der Waals surface area contributed by atoms with Gasteiger partial charge < -0.3 is 19.6 Å². The number of carbonyl (C=O) groups is 2. The van der Waals surface area contributed by atoms with Crippen molar-refractivity contribution in [2.75, 3.05) is 26.2 Å². The van der Waals surface area contributed by atoms with Crippen molar-refractivity contribution < 1.29 is 19.4 Å². The summed E-state index contributed by atoms with van der Waals surface area (Å²) in [6, 6.07) is 22.2. The third kappa shape index (κ3) is 5.97. The standard InChI is InChI=1S/C32H36N2O4/c1-5-33(6-2)18-19-34-29(25-12-10-22(3)11-13-25)28(31(36)32(34)37)30(35)26-14-16-27(17-15-26)38-21-24-9-7-8-23(4)20-24/h7-17,20,29,35H,5-6,18-19,21H2,1-4H3/b30-28+/t29-/m0/s1. The summed E-state index contributed by atoms with van der Waals surface area (Å²) in [5, 5.41) is 11.3. The van der Waals surface area contributed by atoms with Gasteiger partial charge in [0.25, 0.3) is 11.7 Å².